The van der Waals surface area contributed by atoms with Gasteiger partial charge in [0, 0.05) is 25.6 Å². The fraction of sp³-hybridized carbons (Fsp3) is 0.571. The summed E-state index contributed by atoms with van der Waals surface area (Å²) in [6.07, 6.45) is 1.19. The molecule has 0 aliphatic heterocycles. The Morgan fingerprint density at radius 2 is 1.52 bits per heavy atom. The van der Waals surface area contributed by atoms with Gasteiger partial charge < -0.3 is 19.5 Å². The standard InChI is InChI=1S/C14H23NO5S/c1-18-9-10-20-12-11-19-8-7-15-13-3-5-14(6-4-13)21(2,16)17/h3-6,15H,7-12H2,1-2H3. The van der Waals surface area contributed by atoms with Crippen LogP contribution in [-0.2, 0) is 24.0 Å². The van der Waals surface area contributed by atoms with Crippen molar-refractivity contribution >= 4 is 15.5 Å². The van der Waals surface area contributed by atoms with Gasteiger partial charge in [0.15, 0.2) is 9.84 Å². The molecule has 1 N–H and O–H groups in total. The lowest BCUT2D eigenvalue weighted by atomic mass is 10.3. The molecule has 0 aliphatic rings. The van der Waals surface area contributed by atoms with Crippen LogP contribution in [-0.4, -0.2) is 61.4 Å². The molecule has 0 fully saturated rings. The monoisotopic (exact) mass is 317 g/mol. The van der Waals surface area contributed by atoms with E-state index >= 15 is 0 Å². The van der Waals surface area contributed by atoms with Crippen molar-refractivity contribution in [3.05, 3.63) is 24.3 Å². The van der Waals surface area contributed by atoms with E-state index in [0.29, 0.717) is 44.5 Å². The van der Waals surface area contributed by atoms with Crippen LogP contribution in [0.2, 0.25) is 0 Å². The highest BCUT2D eigenvalue weighted by Gasteiger charge is 2.05. The highest BCUT2D eigenvalue weighted by Crippen LogP contribution is 2.13. The van der Waals surface area contributed by atoms with Crippen molar-refractivity contribution in [3.63, 3.8) is 0 Å². The lowest BCUT2D eigenvalue weighted by Crippen LogP contribution is -2.13. The van der Waals surface area contributed by atoms with E-state index in [1.807, 2.05) is 0 Å². The molecule has 1 rings (SSSR count). The molecular weight excluding hydrogens is 294 g/mol. The summed E-state index contributed by atoms with van der Waals surface area (Å²) in [7, 11) is -1.50. The molecule has 0 spiro atoms. The predicted molar refractivity (Wildman–Crippen MR) is 81.6 cm³/mol. The summed E-state index contributed by atoms with van der Waals surface area (Å²) in [4.78, 5) is 0.317. The zero-order chi connectivity index (χ0) is 15.6. The van der Waals surface area contributed by atoms with Gasteiger partial charge in [0.1, 0.15) is 0 Å². The Morgan fingerprint density at radius 1 is 0.952 bits per heavy atom. The topological polar surface area (TPSA) is 73.9 Å². The van der Waals surface area contributed by atoms with E-state index in [4.69, 9.17) is 14.2 Å². The molecule has 7 heteroatoms. The molecule has 0 bridgehead atoms. The summed E-state index contributed by atoms with van der Waals surface area (Å²) in [5.74, 6) is 0. The van der Waals surface area contributed by atoms with Gasteiger partial charge in [-0.25, -0.2) is 8.42 Å². The number of anilines is 1. The normalized spacial score (nSPS) is 11.5. The molecule has 0 aliphatic carbocycles. The lowest BCUT2D eigenvalue weighted by molar-refractivity contribution is 0.0272. The van der Waals surface area contributed by atoms with Crippen LogP contribution in [0.3, 0.4) is 0 Å². The maximum Gasteiger partial charge on any atom is 0.175 e. The first-order chi connectivity index (χ1) is 10.0. The van der Waals surface area contributed by atoms with Gasteiger partial charge >= 0.3 is 0 Å². The summed E-state index contributed by atoms with van der Waals surface area (Å²) in [5, 5.41) is 3.15. The average molecular weight is 317 g/mol. The second-order valence-electron chi connectivity index (χ2n) is 4.44. The number of hydrogen-bond donors (Lipinski definition) is 1. The largest absolute Gasteiger partial charge is 0.383 e. The highest BCUT2D eigenvalue weighted by atomic mass is 32.2. The minimum Gasteiger partial charge on any atom is -0.383 e. The Bertz CT molecular complexity index is 487. The van der Waals surface area contributed by atoms with Gasteiger partial charge in [0.25, 0.3) is 0 Å². The first-order valence-corrected chi connectivity index (χ1v) is 8.61. The Morgan fingerprint density at radius 3 is 2.10 bits per heavy atom. The highest BCUT2D eigenvalue weighted by molar-refractivity contribution is 7.90. The number of methoxy groups -OCH3 is 1. The van der Waals surface area contributed by atoms with E-state index in [-0.39, 0.29) is 0 Å². The van der Waals surface area contributed by atoms with Gasteiger partial charge in [-0.2, -0.15) is 0 Å². The second-order valence-corrected chi connectivity index (χ2v) is 6.46. The van der Waals surface area contributed by atoms with Gasteiger partial charge in [-0.1, -0.05) is 0 Å². The van der Waals surface area contributed by atoms with Gasteiger partial charge in [-0.15, -0.1) is 0 Å². The van der Waals surface area contributed by atoms with Crippen molar-refractivity contribution in [3.8, 4) is 0 Å². The van der Waals surface area contributed by atoms with Crippen LogP contribution in [0.25, 0.3) is 0 Å². The number of nitrogens with one attached hydrogen (secondary N) is 1. The van der Waals surface area contributed by atoms with Crippen molar-refractivity contribution in [1.29, 1.82) is 0 Å². The third-order valence-corrected chi connectivity index (χ3v) is 3.79. The van der Waals surface area contributed by atoms with Crippen LogP contribution in [0.4, 0.5) is 5.69 Å². The van der Waals surface area contributed by atoms with E-state index in [1.54, 1.807) is 31.4 Å². The molecule has 0 saturated carbocycles. The van der Waals surface area contributed by atoms with Crippen molar-refractivity contribution in [1.82, 2.24) is 0 Å². The molecule has 1 aromatic carbocycles. The maximum absolute atomic E-state index is 11.3. The Hall–Kier alpha value is -1.15. The van der Waals surface area contributed by atoms with Crippen molar-refractivity contribution in [2.75, 3.05) is 58.3 Å². The third-order valence-electron chi connectivity index (χ3n) is 2.66. The summed E-state index contributed by atoms with van der Waals surface area (Å²) >= 11 is 0. The second kappa shape index (κ2) is 9.73. The predicted octanol–water partition coefficient (Wildman–Crippen LogP) is 1.18. The van der Waals surface area contributed by atoms with E-state index < -0.39 is 9.84 Å². The first kappa shape index (κ1) is 17.9. The maximum atomic E-state index is 11.3. The van der Waals surface area contributed by atoms with Crippen LogP contribution in [0.15, 0.2) is 29.2 Å². The van der Waals surface area contributed by atoms with E-state index in [2.05, 4.69) is 5.32 Å². The SMILES string of the molecule is COCCOCCOCCNc1ccc(S(C)(=O)=O)cc1. The number of rotatable bonds is 11. The summed E-state index contributed by atoms with van der Waals surface area (Å²) in [5.41, 5.74) is 0.863. The number of hydrogen-bond acceptors (Lipinski definition) is 6. The molecule has 1 aromatic rings. The fourth-order valence-corrected chi connectivity index (χ4v) is 2.18. The number of benzene rings is 1. The summed E-state index contributed by atoms with van der Waals surface area (Å²) in [6.45, 7) is 3.46. The number of ether oxygens (including phenoxy) is 3. The van der Waals surface area contributed by atoms with Crippen LogP contribution in [0.1, 0.15) is 0 Å². The molecule has 0 heterocycles. The first-order valence-electron chi connectivity index (χ1n) is 6.72. The Balaban J connectivity index is 2.10. The molecule has 0 atom stereocenters. The molecule has 0 amide bonds. The summed E-state index contributed by atoms with van der Waals surface area (Å²) in [6, 6.07) is 6.65. The van der Waals surface area contributed by atoms with Crippen LogP contribution >= 0.6 is 0 Å². The van der Waals surface area contributed by atoms with Gasteiger partial charge in [-0.05, 0) is 24.3 Å². The van der Waals surface area contributed by atoms with Crippen LogP contribution < -0.4 is 5.32 Å². The minimum atomic E-state index is -3.14. The fourth-order valence-electron chi connectivity index (χ4n) is 1.55. The van der Waals surface area contributed by atoms with Gasteiger partial charge in [0.2, 0.25) is 0 Å². The van der Waals surface area contributed by atoms with Gasteiger partial charge in [-0.3, -0.25) is 0 Å². The van der Waals surface area contributed by atoms with Crippen molar-refractivity contribution < 1.29 is 22.6 Å². The smallest absolute Gasteiger partial charge is 0.175 e. The molecule has 0 aromatic heterocycles. The van der Waals surface area contributed by atoms with E-state index in [1.165, 1.54) is 6.26 Å². The quantitative estimate of drug-likeness (QED) is 0.618. The lowest BCUT2D eigenvalue weighted by Gasteiger charge is -2.08. The Kier molecular flexibility index (Phi) is 8.29. The molecule has 0 radical (unpaired) electrons. The molecular formula is C14H23NO5S. The van der Waals surface area contributed by atoms with Gasteiger partial charge in [0.05, 0.1) is 37.9 Å². The molecule has 120 valence electrons. The van der Waals surface area contributed by atoms with E-state index in [9.17, 15) is 8.42 Å². The molecule has 6 nitrogen and oxygen atoms in total. The van der Waals surface area contributed by atoms with E-state index in [0.717, 1.165) is 5.69 Å². The zero-order valence-corrected chi connectivity index (χ0v) is 13.3. The zero-order valence-electron chi connectivity index (χ0n) is 12.5. The van der Waals surface area contributed by atoms with Crippen molar-refractivity contribution in [2.24, 2.45) is 0 Å². The third kappa shape index (κ3) is 8.01. The van der Waals surface area contributed by atoms with Crippen molar-refractivity contribution in [2.45, 2.75) is 4.90 Å². The number of sulfone groups is 1. The van der Waals surface area contributed by atoms with Crippen LogP contribution in [0, 0.1) is 0 Å². The Labute approximate surface area is 126 Å². The summed E-state index contributed by atoms with van der Waals surface area (Å²) < 4.78 is 38.1. The van der Waals surface area contributed by atoms with Crippen LogP contribution in [0.5, 0.6) is 0 Å². The molecule has 0 saturated heterocycles. The molecule has 0 unspecified atom stereocenters. The average Bonchev–Trinajstić information content (AvgIpc) is 2.45. The molecule has 21 heavy (non-hydrogen) atoms. The minimum absolute atomic E-state index is 0.317.